The van der Waals surface area contributed by atoms with E-state index >= 15 is 8.78 Å². The quantitative estimate of drug-likeness (QED) is 0.336. The average molecular weight is 640 g/mol. The molecule has 0 saturated carbocycles. The largest absolute Gasteiger partial charge is 0.497 e. The maximum absolute atomic E-state index is 16.7. The molecule has 1 N–H and O–H groups in total. The summed E-state index contributed by atoms with van der Waals surface area (Å²) in [5, 5.41) is 2.90. The van der Waals surface area contributed by atoms with Crippen LogP contribution < -0.4 is 15.0 Å². The predicted molar refractivity (Wildman–Crippen MR) is 155 cm³/mol. The van der Waals surface area contributed by atoms with E-state index in [1.807, 2.05) is 4.90 Å². The molecule has 0 aliphatic carbocycles. The van der Waals surface area contributed by atoms with Crippen LogP contribution in [-0.4, -0.2) is 89.6 Å². The summed E-state index contributed by atoms with van der Waals surface area (Å²) in [5.74, 6) is -3.79. The molecule has 0 aromatic heterocycles. The van der Waals surface area contributed by atoms with E-state index < -0.39 is 41.0 Å². The molecule has 246 valence electrons. The predicted octanol–water partition coefficient (Wildman–Crippen LogP) is 4.53. The third-order valence-corrected chi connectivity index (χ3v) is 9.46. The first-order chi connectivity index (χ1) is 21.4. The highest BCUT2D eigenvalue weighted by Gasteiger charge is 2.55. The topological polar surface area (TPSA) is 80.3 Å². The fraction of sp³-hybridized carbons (Fsp3) is 0.562. The summed E-state index contributed by atoms with van der Waals surface area (Å²) in [6, 6.07) is 7.66. The molecule has 2 aromatic carbocycles. The Bertz CT molecular complexity index is 1400. The summed E-state index contributed by atoms with van der Waals surface area (Å²) in [6.07, 6.45) is -3.75. The molecule has 3 saturated heterocycles. The van der Waals surface area contributed by atoms with E-state index in [2.05, 4.69) is 5.32 Å². The number of nitrogens with zero attached hydrogens (tertiary/aromatic N) is 2. The molecule has 3 aliphatic rings. The van der Waals surface area contributed by atoms with Crippen LogP contribution in [0, 0.1) is 17.7 Å². The second kappa shape index (κ2) is 13.1. The van der Waals surface area contributed by atoms with Crippen LogP contribution in [0.25, 0.3) is 0 Å². The van der Waals surface area contributed by atoms with Gasteiger partial charge in [-0.15, -0.1) is 0 Å². The van der Waals surface area contributed by atoms with Crippen molar-refractivity contribution in [1.82, 2.24) is 10.2 Å². The van der Waals surface area contributed by atoms with Crippen molar-refractivity contribution in [3.05, 3.63) is 58.9 Å². The van der Waals surface area contributed by atoms with E-state index in [-0.39, 0.29) is 61.9 Å². The van der Waals surface area contributed by atoms with Crippen LogP contribution in [0.5, 0.6) is 5.75 Å². The minimum atomic E-state index is -4.58. The molecule has 0 radical (unpaired) electrons. The zero-order valence-corrected chi connectivity index (χ0v) is 25.5. The second-order valence-electron chi connectivity index (χ2n) is 12.0. The molecule has 2 aromatic rings. The highest BCUT2D eigenvalue weighted by Crippen LogP contribution is 2.45. The van der Waals surface area contributed by atoms with Crippen molar-refractivity contribution < 1.29 is 45.8 Å². The van der Waals surface area contributed by atoms with Gasteiger partial charge in [-0.1, -0.05) is 12.1 Å². The van der Waals surface area contributed by atoms with Crippen molar-refractivity contribution in [1.29, 1.82) is 0 Å². The lowest BCUT2D eigenvalue weighted by atomic mass is 9.84. The zero-order chi connectivity index (χ0) is 32.5. The van der Waals surface area contributed by atoms with Crippen molar-refractivity contribution in [3.63, 3.8) is 0 Å². The molecule has 5 rings (SSSR count). The minimum Gasteiger partial charge on any atom is -0.497 e. The van der Waals surface area contributed by atoms with Gasteiger partial charge in [-0.2, -0.15) is 13.2 Å². The van der Waals surface area contributed by atoms with Gasteiger partial charge >= 0.3 is 12.1 Å². The number of likely N-dealkylation sites (tertiary alicyclic amines) is 1. The molecular formula is C32H38F5N3O5. The van der Waals surface area contributed by atoms with Crippen LogP contribution in [0.2, 0.25) is 0 Å². The van der Waals surface area contributed by atoms with Crippen LogP contribution >= 0.6 is 0 Å². The summed E-state index contributed by atoms with van der Waals surface area (Å²) >= 11 is 0. The molecule has 0 unspecified atom stereocenters. The number of amides is 1. The number of halogens is 5. The average Bonchev–Trinajstić information content (AvgIpc) is 3.63. The number of alkyl halides is 4. The van der Waals surface area contributed by atoms with Gasteiger partial charge in [-0.05, 0) is 42.2 Å². The van der Waals surface area contributed by atoms with Gasteiger partial charge < -0.3 is 29.3 Å². The smallest absolute Gasteiger partial charge is 0.416 e. The van der Waals surface area contributed by atoms with Crippen molar-refractivity contribution in [2.75, 3.05) is 72.1 Å². The molecule has 3 heterocycles. The highest BCUT2D eigenvalue weighted by molar-refractivity contribution is 5.88. The van der Waals surface area contributed by atoms with Gasteiger partial charge in [0, 0.05) is 75.9 Å². The van der Waals surface area contributed by atoms with Crippen molar-refractivity contribution in [2.24, 2.45) is 11.8 Å². The standard InChI is InChI=1S/C32H38F5N3O5/c1-43-17-20-15-40(30(42)31(34)18-38-14-26(31)24-7-5-22(44-2)13-27(24)33)16-25(20)23-6-4-21(32(35,36)37)12-28(23)39-10-8-19(9-11-39)29(41)45-3/h4-7,12-13,19-20,25-26,38H,8-11,14-18H2,1-3H3/t20-,25+,26+,31+/m1/s1. The second-order valence-corrected chi connectivity index (χ2v) is 12.0. The summed E-state index contributed by atoms with van der Waals surface area (Å²) in [4.78, 5) is 29.2. The number of hydrogen-bond acceptors (Lipinski definition) is 7. The van der Waals surface area contributed by atoms with Crippen LogP contribution in [0.1, 0.15) is 41.4 Å². The van der Waals surface area contributed by atoms with Crippen LogP contribution in [0.4, 0.5) is 27.6 Å². The summed E-state index contributed by atoms with van der Waals surface area (Å²) < 4.78 is 88.7. The van der Waals surface area contributed by atoms with E-state index in [0.717, 1.165) is 18.2 Å². The van der Waals surface area contributed by atoms with Gasteiger partial charge in [0.05, 0.1) is 32.3 Å². The first-order valence-corrected chi connectivity index (χ1v) is 15.0. The number of carbonyl (C=O) groups excluding carboxylic acids is 2. The lowest BCUT2D eigenvalue weighted by molar-refractivity contribution is -0.146. The maximum Gasteiger partial charge on any atom is 0.416 e. The zero-order valence-electron chi connectivity index (χ0n) is 25.5. The third kappa shape index (κ3) is 6.46. The highest BCUT2D eigenvalue weighted by atomic mass is 19.4. The molecule has 45 heavy (non-hydrogen) atoms. The first-order valence-electron chi connectivity index (χ1n) is 15.0. The first kappa shape index (κ1) is 32.9. The van der Waals surface area contributed by atoms with Crippen molar-refractivity contribution >= 4 is 17.6 Å². The summed E-state index contributed by atoms with van der Waals surface area (Å²) in [6.45, 7) is 0.777. The van der Waals surface area contributed by atoms with E-state index in [1.165, 1.54) is 44.4 Å². The van der Waals surface area contributed by atoms with E-state index in [0.29, 0.717) is 37.2 Å². The van der Waals surface area contributed by atoms with E-state index in [1.54, 1.807) is 0 Å². The molecule has 3 fully saturated rings. The van der Waals surface area contributed by atoms with Crippen molar-refractivity contribution in [3.8, 4) is 5.75 Å². The van der Waals surface area contributed by atoms with Gasteiger partial charge in [0.2, 0.25) is 5.67 Å². The number of hydrogen-bond donors (Lipinski definition) is 1. The summed E-state index contributed by atoms with van der Waals surface area (Å²) in [7, 11) is 4.19. The SMILES string of the molecule is COC[C@H]1CN(C(=O)[C@]2(F)CNC[C@H]2c2ccc(OC)cc2F)C[C@@H]1c1ccc(C(F)(F)F)cc1N1CCC(C(=O)OC)CC1. The number of piperidine rings is 1. The van der Waals surface area contributed by atoms with Gasteiger partial charge in [0.25, 0.3) is 5.91 Å². The van der Waals surface area contributed by atoms with Gasteiger partial charge in [0.1, 0.15) is 11.6 Å². The lowest BCUT2D eigenvalue weighted by Crippen LogP contribution is -2.49. The number of carbonyl (C=O) groups is 2. The molecule has 4 atom stereocenters. The third-order valence-electron chi connectivity index (χ3n) is 9.46. The van der Waals surface area contributed by atoms with Gasteiger partial charge in [0.15, 0.2) is 0 Å². The van der Waals surface area contributed by atoms with Gasteiger partial charge in [-0.25, -0.2) is 8.78 Å². The fourth-order valence-electron chi connectivity index (χ4n) is 7.05. The Hall–Kier alpha value is -3.45. The Morgan fingerprint density at radius 2 is 1.73 bits per heavy atom. The Kier molecular flexibility index (Phi) is 9.60. The Balaban J connectivity index is 1.45. The Labute approximate surface area is 258 Å². The van der Waals surface area contributed by atoms with E-state index in [9.17, 15) is 22.8 Å². The number of anilines is 1. The lowest BCUT2D eigenvalue weighted by Gasteiger charge is -2.35. The number of methoxy groups -OCH3 is 3. The summed E-state index contributed by atoms with van der Waals surface area (Å²) in [5.41, 5.74) is -2.24. The van der Waals surface area contributed by atoms with Crippen LogP contribution in [0.15, 0.2) is 36.4 Å². The Morgan fingerprint density at radius 3 is 2.36 bits per heavy atom. The van der Waals surface area contributed by atoms with Gasteiger partial charge in [-0.3, -0.25) is 9.59 Å². The molecule has 8 nitrogen and oxygen atoms in total. The molecule has 0 bridgehead atoms. The number of benzene rings is 2. The molecule has 1 amide bonds. The van der Waals surface area contributed by atoms with Crippen molar-refractivity contribution in [2.45, 2.75) is 36.5 Å². The normalized spacial score (nSPS) is 25.9. The minimum absolute atomic E-state index is 0.0489. The number of esters is 1. The molecule has 3 aliphatic heterocycles. The maximum atomic E-state index is 16.7. The molecule has 13 heteroatoms. The fourth-order valence-corrected chi connectivity index (χ4v) is 7.05. The van der Waals surface area contributed by atoms with Crippen LogP contribution in [-0.2, 0) is 25.2 Å². The Morgan fingerprint density at radius 1 is 1.02 bits per heavy atom. The molecule has 0 spiro atoms. The number of ether oxygens (including phenoxy) is 3. The number of rotatable bonds is 8. The van der Waals surface area contributed by atoms with E-state index in [4.69, 9.17) is 14.2 Å². The number of nitrogens with one attached hydrogen (secondary N) is 1. The monoisotopic (exact) mass is 639 g/mol. The molecular weight excluding hydrogens is 601 g/mol. The van der Waals surface area contributed by atoms with Crippen LogP contribution in [0.3, 0.4) is 0 Å².